The summed E-state index contributed by atoms with van der Waals surface area (Å²) in [6.45, 7) is 0.219. The predicted octanol–water partition coefficient (Wildman–Crippen LogP) is -1.95. The lowest BCUT2D eigenvalue weighted by Gasteiger charge is -2.01. The summed E-state index contributed by atoms with van der Waals surface area (Å²) in [6.07, 6.45) is 1.18. The van der Waals surface area contributed by atoms with Gasteiger partial charge in [-0.15, -0.1) is 0 Å². The van der Waals surface area contributed by atoms with Crippen molar-refractivity contribution in [2.75, 3.05) is 6.54 Å². The number of carbonyl (C=O) groups is 1. The van der Waals surface area contributed by atoms with Gasteiger partial charge in [0.05, 0.1) is 0 Å². The lowest BCUT2D eigenvalue weighted by Crippen LogP contribution is -2.46. The van der Waals surface area contributed by atoms with Crippen LogP contribution in [0.3, 0.4) is 0 Å². The van der Waals surface area contributed by atoms with Crippen LogP contribution in [0.2, 0.25) is 0 Å². The summed E-state index contributed by atoms with van der Waals surface area (Å²) >= 11 is 0. The molecule has 0 aliphatic heterocycles. The van der Waals surface area contributed by atoms with Crippen LogP contribution < -0.4 is 22.1 Å². The number of hydrogen-bond acceptors (Lipinski definition) is 4. The molecule has 0 fully saturated rings. The minimum atomic E-state index is -0.570. The molecule has 0 atom stereocenters. The zero-order valence-electron chi connectivity index (χ0n) is 5.18. The molecule has 0 aromatic heterocycles. The van der Waals surface area contributed by atoms with Gasteiger partial charge in [-0.25, -0.2) is 20.9 Å². The molecule has 0 aromatic carbocycles. The number of urea groups is 1. The molecule has 6 nitrogen and oxygen atoms in total. The molecule has 0 rings (SSSR count). The van der Waals surface area contributed by atoms with Crippen LogP contribution in [0.15, 0.2) is 6.08 Å². The van der Waals surface area contributed by atoms with Gasteiger partial charge in [-0.2, -0.15) is 0 Å². The van der Waals surface area contributed by atoms with Crippen LogP contribution in [0.5, 0.6) is 0 Å². The molecule has 6 heteroatoms. The van der Waals surface area contributed by atoms with Gasteiger partial charge in [-0.05, 0) is 0 Å². The number of hydrogen-bond donors (Lipinski definition) is 4. The van der Waals surface area contributed by atoms with Crippen LogP contribution in [0.4, 0.5) is 4.79 Å². The van der Waals surface area contributed by atoms with Crippen molar-refractivity contribution >= 4 is 12.0 Å². The van der Waals surface area contributed by atoms with Crippen molar-refractivity contribution in [3.8, 4) is 0 Å². The number of rotatable bonds is 3. The number of hydrazine groups is 2. The SMILES string of the molecule is NNC(=O)NNCC=C=O. The van der Waals surface area contributed by atoms with Gasteiger partial charge in [0.15, 0.2) is 0 Å². The van der Waals surface area contributed by atoms with Crippen molar-refractivity contribution in [2.45, 2.75) is 0 Å². The molecule has 0 aromatic rings. The maximum Gasteiger partial charge on any atom is 0.343 e. The maximum absolute atomic E-state index is 10.3. The van der Waals surface area contributed by atoms with Crippen molar-refractivity contribution in [3.63, 3.8) is 0 Å². The van der Waals surface area contributed by atoms with E-state index in [1.54, 1.807) is 0 Å². The Morgan fingerprint density at radius 1 is 1.70 bits per heavy atom. The second kappa shape index (κ2) is 5.77. The number of carbonyl (C=O) groups excluding carboxylic acids is 2. The quantitative estimate of drug-likeness (QED) is 0.122. The van der Waals surface area contributed by atoms with Gasteiger partial charge in [0, 0.05) is 12.6 Å². The second-order valence-electron chi connectivity index (χ2n) is 1.30. The van der Waals surface area contributed by atoms with Crippen LogP contribution in [-0.4, -0.2) is 18.5 Å². The Balaban J connectivity index is 3.19. The van der Waals surface area contributed by atoms with E-state index in [-0.39, 0.29) is 6.54 Å². The zero-order chi connectivity index (χ0) is 7.82. The van der Waals surface area contributed by atoms with Crippen LogP contribution in [-0.2, 0) is 4.79 Å². The fraction of sp³-hybridized carbons (Fsp3) is 0.250. The summed E-state index contributed by atoms with van der Waals surface area (Å²) in [5.41, 5.74) is 6.33. The Kier molecular flexibility index (Phi) is 4.99. The highest BCUT2D eigenvalue weighted by Gasteiger charge is 1.89. The molecule has 0 aliphatic rings. The van der Waals surface area contributed by atoms with E-state index in [1.807, 2.05) is 5.43 Å². The van der Waals surface area contributed by atoms with Crippen LogP contribution in [0, 0.1) is 0 Å². The summed E-state index contributed by atoms with van der Waals surface area (Å²) in [5.74, 6) is 6.22. The van der Waals surface area contributed by atoms with E-state index in [0.717, 1.165) is 0 Å². The minimum Gasteiger partial charge on any atom is -0.275 e. The molecule has 5 N–H and O–H groups in total. The van der Waals surface area contributed by atoms with Crippen molar-refractivity contribution in [1.29, 1.82) is 0 Å². The van der Waals surface area contributed by atoms with Gasteiger partial charge < -0.3 is 0 Å². The molecule has 0 aliphatic carbocycles. The molecule has 56 valence electrons. The third kappa shape index (κ3) is 4.79. The molecule has 0 bridgehead atoms. The molecular formula is C4H8N4O2. The average molecular weight is 144 g/mol. The Hall–Kier alpha value is -1.36. The molecule has 0 spiro atoms. The molecule has 0 radical (unpaired) electrons. The first-order chi connectivity index (χ1) is 4.81. The average Bonchev–Trinajstić information content (AvgIpc) is 1.98. The van der Waals surface area contributed by atoms with Gasteiger partial charge in [0.1, 0.15) is 5.94 Å². The highest BCUT2D eigenvalue weighted by atomic mass is 16.2. The maximum atomic E-state index is 10.3. The molecule has 10 heavy (non-hydrogen) atoms. The standard InChI is InChI=1S/C4H8N4O2/c5-7-4(10)8-6-2-1-3-9/h1,6H,2,5H2,(H2,7,8,10). The van der Waals surface area contributed by atoms with Gasteiger partial charge >= 0.3 is 6.03 Å². The second-order valence-corrected chi connectivity index (χ2v) is 1.30. The van der Waals surface area contributed by atoms with E-state index in [1.165, 1.54) is 12.0 Å². The van der Waals surface area contributed by atoms with Crippen molar-refractivity contribution in [1.82, 2.24) is 16.3 Å². The topological polar surface area (TPSA) is 96.2 Å². The molecule has 0 heterocycles. The lowest BCUT2D eigenvalue weighted by molar-refractivity contribution is 0.237. The Morgan fingerprint density at radius 2 is 2.40 bits per heavy atom. The molecule has 0 saturated heterocycles. The third-order valence-corrected chi connectivity index (χ3v) is 0.620. The van der Waals surface area contributed by atoms with Crippen LogP contribution >= 0.6 is 0 Å². The van der Waals surface area contributed by atoms with Crippen LogP contribution in [0.25, 0.3) is 0 Å². The molecule has 0 saturated carbocycles. The minimum absolute atomic E-state index is 0.219. The van der Waals surface area contributed by atoms with Crippen LogP contribution in [0.1, 0.15) is 0 Å². The molecule has 0 unspecified atom stereocenters. The van der Waals surface area contributed by atoms with E-state index >= 15 is 0 Å². The van der Waals surface area contributed by atoms with E-state index in [2.05, 4.69) is 10.9 Å². The number of amides is 2. The summed E-state index contributed by atoms with van der Waals surface area (Å²) in [7, 11) is 0. The lowest BCUT2D eigenvalue weighted by atomic mass is 10.6. The predicted molar refractivity (Wildman–Crippen MR) is 34.1 cm³/mol. The van der Waals surface area contributed by atoms with Crippen molar-refractivity contribution in [3.05, 3.63) is 6.08 Å². The van der Waals surface area contributed by atoms with Crippen molar-refractivity contribution < 1.29 is 9.59 Å². The zero-order valence-corrected chi connectivity index (χ0v) is 5.18. The Morgan fingerprint density at radius 3 is 2.90 bits per heavy atom. The first-order valence-corrected chi connectivity index (χ1v) is 2.50. The largest absolute Gasteiger partial charge is 0.343 e. The smallest absolute Gasteiger partial charge is 0.275 e. The van der Waals surface area contributed by atoms with E-state index < -0.39 is 6.03 Å². The first-order valence-electron chi connectivity index (χ1n) is 2.50. The Bertz CT molecular complexity index is 151. The fourth-order valence-electron chi connectivity index (χ4n) is 0.260. The summed E-state index contributed by atoms with van der Waals surface area (Å²) in [6, 6.07) is -0.570. The normalized spacial score (nSPS) is 7.70. The number of nitrogens with two attached hydrogens (primary N) is 1. The highest BCUT2D eigenvalue weighted by Crippen LogP contribution is 1.54. The van der Waals surface area contributed by atoms with E-state index in [9.17, 15) is 9.59 Å². The summed E-state index contributed by atoms with van der Waals surface area (Å²) in [5, 5.41) is 0. The monoisotopic (exact) mass is 144 g/mol. The number of nitrogens with one attached hydrogen (secondary N) is 3. The van der Waals surface area contributed by atoms with Gasteiger partial charge in [0.25, 0.3) is 0 Å². The third-order valence-electron chi connectivity index (χ3n) is 0.620. The van der Waals surface area contributed by atoms with Gasteiger partial charge in [0.2, 0.25) is 0 Å². The molecule has 2 amide bonds. The van der Waals surface area contributed by atoms with Crippen molar-refractivity contribution in [2.24, 2.45) is 5.84 Å². The highest BCUT2D eigenvalue weighted by molar-refractivity contribution is 5.72. The van der Waals surface area contributed by atoms with E-state index in [0.29, 0.717) is 0 Å². The van der Waals surface area contributed by atoms with E-state index in [4.69, 9.17) is 5.84 Å². The van der Waals surface area contributed by atoms with Gasteiger partial charge in [-0.3, -0.25) is 10.9 Å². The fourth-order valence-corrected chi connectivity index (χ4v) is 0.260. The summed E-state index contributed by atoms with van der Waals surface area (Å²) < 4.78 is 0. The Labute approximate surface area is 57.4 Å². The first kappa shape index (κ1) is 8.64. The summed E-state index contributed by atoms with van der Waals surface area (Å²) in [4.78, 5) is 19.8. The molecular weight excluding hydrogens is 136 g/mol. The van der Waals surface area contributed by atoms with Gasteiger partial charge in [-0.1, -0.05) is 0 Å².